The van der Waals surface area contributed by atoms with E-state index in [0.717, 1.165) is 10.0 Å². The molecule has 6 nitrogen and oxygen atoms in total. The zero-order valence-electron chi connectivity index (χ0n) is 19.6. The summed E-state index contributed by atoms with van der Waals surface area (Å²) in [5, 5.41) is 3.00. The summed E-state index contributed by atoms with van der Waals surface area (Å²) in [6, 6.07) is 21.9. The lowest BCUT2D eigenvalue weighted by Gasteiger charge is -2.27. The predicted molar refractivity (Wildman–Crippen MR) is 137 cm³/mol. The molecule has 0 saturated heterocycles. The summed E-state index contributed by atoms with van der Waals surface area (Å²) in [5.41, 5.74) is 2.19. The highest BCUT2D eigenvalue weighted by Gasteiger charge is 2.20. The summed E-state index contributed by atoms with van der Waals surface area (Å²) in [6.45, 7) is 2.75. The number of amides is 2. The van der Waals surface area contributed by atoms with Gasteiger partial charge in [-0.25, -0.2) is 0 Å². The van der Waals surface area contributed by atoms with Crippen molar-refractivity contribution in [1.29, 1.82) is 0 Å². The average Bonchev–Trinajstić information content (AvgIpc) is 2.86. The summed E-state index contributed by atoms with van der Waals surface area (Å²) in [6.07, 6.45) is 0.624. The minimum absolute atomic E-state index is 0.0948. The van der Waals surface area contributed by atoms with E-state index in [0.29, 0.717) is 42.1 Å². The van der Waals surface area contributed by atoms with Crippen LogP contribution in [0.5, 0.6) is 11.5 Å². The van der Waals surface area contributed by atoms with E-state index in [4.69, 9.17) is 9.47 Å². The zero-order valence-corrected chi connectivity index (χ0v) is 21.2. The molecule has 0 aliphatic rings. The molecule has 0 heterocycles. The topological polar surface area (TPSA) is 67.9 Å². The van der Waals surface area contributed by atoms with E-state index in [2.05, 4.69) is 21.2 Å². The van der Waals surface area contributed by atoms with Crippen molar-refractivity contribution >= 4 is 27.7 Å². The Kier molecular flexibility index (Phi) is 9.10. The summed E-state index contributed by atoms with van der Waals surface area (Å²) < 4.78 is 11.6. The van der Waals surface area contributed by atoms with E-state index in [-0.39, 0.29) is 17.9 Å². The number of nitrogens with one attached hydrogen (secondary N) is 1. The van der Waals surface area contributed by atoms with Gasteiger partial charge in [-0.1, -0.05) is 46.3 Å². The number of halogens is 1. The highest BCUT2D eigenvalue weighted by Crippen LogP contribution is 2.27. The third-order valence-corrected chi connectivity index (χ3v) is 5.88. The van der Waals surface area contributed by atoms with Crippen LogP contribution in [-0.2, 0) is 6.42 Å². The van der Waals surface area contributed by atoms with Crippen LogP contribution in [0.25, 0.3) is 0 Å². The molecule has 0 aliphatic carbocycles. The molecule has 2 amide bonds. The quantitative estimate of drug-likeness (QED) is 0.406. The van der Waals surface area contributed by atoms with E-state index < -0.39 is 0 Å². The molecule has 0 saturated carbocycles. The van der Waals surface area contributed by atoms with Gasteiger partial charge in [0.2, 0.25) is 0 Å². The SMILES string of the molecule is COc1ccc(CCN(CC(C)NC(=O)c2ccccc2)C(=O)c2cccc(Br)c2)cc1OC. The minimum Gasteiger partial charge on any atom is -0.493 e. The lowest BCUT2D eigenvalue weighted by atomic mass is 10.1. The Morgan fingerprint density at radius 3 is 2.29 bits per heavy atom. The van der Waals surface area contributed by atoms with Crippen molar-refractivity contribution in [3.63, 3.8) is 0 Å². The minimum atomic E-state index is -0.241. The molecule has 0 radical (unpaired) electrons. The third kappa shape index (κ3) is 6.84. The first kappa shape index (κ1) is 25.3. The molecule has 1 N–H and O–H groups in total. The number of rotatable bonds is 10. The fraction of sp³-hybridized carbons (Fsp3) is 0.259. The predicted octanol–water partition coefficient (Wildman–Crippen LogP) is 4.97. The first-order valence-corrected chi connectivity index (χ1v) is 11.8. The van der Waals surface area contributed by atoms with Crippen LogP contribution in [-0.4, -0.2) is 50.1 Å². The zero-order chi connectivity index (χ0) is 24.5. The highest BCUT2D eigenvalue weighted by atomic mass is 79.9. The Bertz CT molecular complexity index is 1120. The molecule has 178 valence electrons. The van der Waals surface area contributed by atoms with Gasteiger partial charge in [0.15, 0.2) is 11.5 Å². The number of carbonyl (C=O) groups is 2. The Morgan fingerprint density at radius 1 is 0.912 bits per heavy atom. The Morgan fingerprint density at radius 2 is 1.62 bits per heavy atom. The average molecular weight is 525 g/mol. The standard InChI is InChI=1S/C27H29BrN2O4/c1-19(29-26(31)21-8-5-4-6-9-21)18-30(27(32)22-10-7-11-23(28)17-22)15-14-20-12-13-24(33-2)25(16-20)34-3/h4-13,16-17,19H,14-15,18H2,1-3H3,(H,29,31). The van der Waals surface area contributed by atoms with Gasteiger partial charge in [-0.2, -0.15) is 0 Å². The van der Waals surface area contributed by atoms with Crippen LogP contribution < -0.4 is 14.8 Å². The molecule has 0 fully saturated rings. The molecule has 0 aromatic heterocycles. The van der Waals surface area contributed by atoms with Crippen molar-refractivity contribution in [3.05, 3.63) is 94.0 Å². The van der Waals surface area contributed by atoms with Gasteiger partial charge < -0.3 is 19.7 Å². The number of hydrogen-bond acceptors (Lipinski definition) is 4. The van der Waals surface area contributed by atoms with Crippen molar-refractivity contribution < 1.29 is 19.1 Å². The fourth-order valence-electron chi connectivity index (χ4n) is 3.65. The number of hydrogen-bond donors (Lipinski definition) is 1. The molecule has 3 aromatic carbocycles. The second-order valence-corrected chi connectivity index (χ2v) is 8.86. The Balaban J connectivity index is 1.75. The van der Waals surface area contributed by atoms with Crippen molar-refractivity contribution in [2.24, 2.45) is 0 Å². The highest BCUT2D eigenvalue weighted by molar-refractivity contribution is 9.10. The lowest BCUT2D eigenvalue weighted by molar-refractivity contribution is 0.0730. The number of ether oxygens (including phenoxy) is 2. The number of carbonyl (C=O) groups excluding carboxylic acids is 2. The summed E-state index contributed by atoms with van der Waals surface area (Å²) in [7, 11) is 3.20. The molecule has 3 rings (SSSR count). The van der Waals surface area contributed by atoms with Gasteiger partial charge in [0.25, 0.3) is 11.8 Å². The number of benzene rings is 3. The van der Waals surface area contributed by atoms with Crippen molar-refractivity contribution in [2.45, 2.75) is 19.4 Å². The van der Waals surface area contributed by atoms with Gasteiger partial charge in [0, 0.05) is 34.7 Å². The van der Waals surface area contributed by atoms with E-state index in [1.54, 1.807) is 43.4 Å². The van der Waals surface area contributed by atoms with Crippen molar-refractivity contribution in [3.8, 4) is 11.5 Å². The van der Waals surface area contributed by atoms with Crippen LogP contribution >= 0.6 is 15.9 Å². The molecule has 1 unspecified atom stereocenters. The molecule has 3 aromatic rings. The van der Waals surface area contributed by atoms with Crippen molar-refractivity contribution in [2.75, 3.05) is 27.3 Å². The maximum Gasteiger partial charge on any atom is 0.253 e. The van der Waals surface area contributed by atoms with Crippen LogP contribution in [0, 0.1) is 0 Å². The van der Waals surface area contributed by atoms with Crippen molar-refractivity contribution in [1.82, 2.24) is 10.2 Å². The van der Waals surface area contributed by atoms with E-state index in [1.165, 1.54) is 0 Å². The first-order chi connectivity index (χ1) is 16.4. The molecule has 0 bridgehead atoms. The van der Waals surface area contributed by atoms with Crippen LogP contribution in [0.15, 0.2) is 77.3 Å². The van der Waals surface area contributed by atoms with Crippen LogP contribution in [0.2, 0.25) is 0 Å². The fourth-order valence-corrected chi connectivity index (χ4v) is 4.05. The number of methoxy groups -OCH3 is 2. The summed E-state index contributed by atoms with van der Waals surface area (Å²) in [4.78, 5) is 27.7. The molecule has 7 heteroatoms. The van der Waals surface area contributed by atoms with Gasteiger partial charge in [-0.05, 0) is 61.4 Å². The van der Waals surface area contributed by atoms with Gasteiger partial charge in [0.1, 0.15) is 0 Å². The second kappa shape index (κ2) is 12.2. The second-order valence-electron chi connectivity index (χ2n) is 7.94. The molecule has 0 spiro atoms. The Hall–Kier alpha value is -3.32. The van der Waals surface area contributed by atoms with E-state index >= 15 is 0 Å². The molecule has 0 aliphatic heterocycles. The van der Waals surface area contributed by atoms with Crippen LogP contribution in [0.3, 0.4) is 0 Å². The van der Waals surface area contributed by atoms with E-state index in [9.17, 15) is 9.59 Å². The van der Waals surface area contributed by atoms with Crippen LogP contribution in [0.1, 0.15) is 33.2 Å². The van der Waals surface area contributed by atoms with Gasteiger partial charge >= 0.3 is 0 Å². The molecule has 1 atom stereocenters. The van der Waals surface area contributed by atoms with Gasteiger partial charge in [0.05, 0.1) is 14.2 Å². The smallest absolute Gasteiger partial charge is 0.253 e. The van der Waals surface area contributed by atoms with E-state index in [1.807, 2.05) is 55.5 Å². The lowest BCUT2D eigenvalue weighted by Crippen LogP contribution is -2.45. The molecular weight excluding hydrogens is 496 g/mol. The first-order valence-electron chi connectivity index (χ1n) is 11.0. The summed E-state index contributed by atoms with van der Waals surface area (Å²) in [5.74, 6) is 1.05. The maximum atomic E-state index is 13.4. The largest absolute Gasteiger partial charge is 0.493 e. The summed E-state index contributed by atoms with van der Waals surface area (Å²) >= 11 is 3.44. The van der Waals surface area contributed by atoms with Gasteiger partial charge in [-0.15, -0.1) is 0 Å². The van der Waals surface area contributed by atoms with Gasteiger partial charge in [-0.3, -0.25) is 9.59 Å². The monoisotopic (exact) mass is 524 g/mol. The Labute approximate surface area is 209 Å². The molecular formula is C27H29BrN2O4. The maximum absolute atomic E-state index is 13.4. The molecule has 34 heavy (non-hydrogen) atoms. The normalized spacial score (nSPS) is 11.4. The number of nitrogens with zero attached hydrogens (tertiary/aromatic N) is 1. The van der Waals surface area contributed by atoms with Crippen LogP contribution in [0.4, 0.5) is 0 Å². The third-order valence-electron chi connectivity index (χ3n) is 5.38.